The van der Waals surface area contributed by atoms with Crippen LogP contribution in [-0.4, -0.2) is 55.8 Å². The molecule has 0 N–H and O–H groups in total. The van der Waals surface area contributed by atoms with E-state index >= 15 is 0 Å². The average molecular weight is 370 g/mol. The summed E-state index contributed by atoms with van der Waals surface area (Å²) in [7, 11) is 2.13. The molecular weight excluding hydrogens is 338 g/mol. The molecule has 0 spiro atoms. The lowest BCUT2D eigenvalue weighted by atomic mass is 9.96. The predicted molar refractivity (Wildman–Crippen MR) is 106 cm³/mol. The molecule has 0 unspecified atom stereocenters. The number of hydrogen-bond acceptors (Lipinski definition) is 6. The van der Waals surface area contributed by atoms with Crippen molar-refractivity contribution in [1.29, 1.82) is 0 Å². The highest BCUT2D eigenvalue weighted by Crippen LogP contribution is 2.30. The molecular formula is C20H31N7. The number of anilines is 1. The van der Waals surface area contributed by atoms with Gasteiger partial charge in [-0.1, -0.05) is 0 Å². The summed E-state index contributed by atoms with van der Waals surface area (Å²) in [6.45, 7) is 11.5. The molecule has 2 saturated heterocycles. The molecule has 4 heterocycles. The monoisotopic (exact) mass is 369 g/mol. The van der Waals surface area contributed by atoms with E-state index in [0.29, 0.717) is 5.92 Å². The van der Waals surface area contributed by atoms with Crippen molar-refractivity contribution in [2.75, 3.05) is 31.1 Å². The predicted octanol–water partition coefficient (Wildman–Crippen LogP) is 2.51. The van der Waals surface area contributed by atoms with E-state index in [0.717, 1.165) is 61.5 Å². The zero-order valence-electron chi connectivity index (χ0n) is 17.1. The molecule has 0 bridgehead atoms. The first-order valence-electron chi connectivity index (χ1n) is 10.2. The minimum Gasteiger partial charge on any atom is -0.356 e. The molecule has 0 amide bonds. The van der Waals surface area contributed by atoms with Crippen molar-refractivity contribution >= 4 is 5.82 Å². The van der Waals surface area contributed by atoms with E-state index in [1.54, 1.807) is 0 Å². The Hall–Kier alpha value is -2.02. The number of nitrogens with zero attached hydrogens (tertiary/aromatic N) is 7. The Labute approximate surface area is 161 Å². The maximum atomic E-state index is 4.75. The van der Waals surface area contributed by atoms with Crippen LogP contribution in [-0.2, 0) is 13.6 Å². The van der Waals surface area contributed by atoms with Gasteiger partial charge in [0.2, 0.25) is 0 Å². The van der Waals surface area contributed by atoms with Crippen LogP contribution in [0.1, 0.15) is 60.3 Å². The highest BCUT2D eigenvalue weighted by atomic mass is 15.3. The minimum absolute atomic E-state index is 0.401. The molecule has 0 aliphatic carbocycles. The van der Waals surface area contributed by atoms with E-state index in [2.05, 4.69) is 50.4 Å². The van der Waals surface area contributed by atoms with E-state index in [4.69, 9.17) is 4.98 Å². The zero-order chi connectivity index (χ0) is 19.0. The van der Waals surface area contributed by atoms with E-state index in [1.165, 1.54) is 31.5 Å². The van der Waals surface area contributed by atoms with Gasteiger partial charge in [0.1, 0.15) is 23.3 Å². The van der Waals surface area contributed by atoms with Crippen LogP contribution in [0.3, 0.4) is 0 Å². The molecule has 7 nitrogen and oxygen atoms in total. The summed E-state index contributed by atoms with van der Waals surface area (Å²) in [5.41, 5.74) is 2.26. The van der Waals surface area contributed by atoms with Gasteiger partial charge in [0, 0.05) is 37.3 Å². The molecule has 0 aromatic carbocycles. The molecule has 0 saturated carbocycles. The Morgan fingerprint density at radius 3 is 2.52 bits per heavy atom. The lowest BCUT2D eigenvalue weighted by molar-refractivity contribution is 0.317. The second-order valence-electron chi connectivity index (χ2n) is 8.11. The maximum Gasteiger partial charge on any atom is 0.146 e. The molecule has 2 aliphatic rings. The molecule has 146 valence electrons. The summed E-state index contributed by atoms with van der Waals surface area (Å²) in [6.07, 6.45) is 4.92. The first kappa shape index (κ1) is 18.3. The number of likely N-dealkylation sites (tertiary alicyclic amines) is 1. The van der Waals surface area contributed by atoms with Crippen molar-refractivity contribution in [3.63, 3.8) is 0 Å². The van der Waals surface area contributed by atoms with Crippen molar-refractivity contribution < 1.29 is 0 Å². The van der Waals surface area contributed by atoms with E-state index in [1.807, 2.05) is 6.92 Å². The van der Waals surface area contributed by atoms with Crippen LogP contribution >= 0.6 is 0 Å². The molecule has 1 atom stereocenters. The lowest BCUT2D eigenvalue weighted by Crippen LogP contribution is -2.36. The number of rotatable bonds is 4. The first-order valence-corrected chi connectivity index (χ1v) is 10.2. The Morgan fingerprint density at radius 2 is 1.74 bits per heavy atom. The summed E-state index contributed by atoms with van der Waals surface area (Å²) >= 11 is 0. The highest BCUT2D eigenvalue weighted by Gasteiger charge is 2.28. The summed E-state index contributed by atoms with van der Waals surface area (Å²) < 4.78 is 2.23. The number of piperidine rings is 1. The maximum absolute atomic E-state index is 4.75. The van der Waals surface area contributed by atoms with Crippen molar-refractivity contribution in [3.05, 3.63) is 28.7 Å². The lowest BCUT2D eigenvalue weighted by Gasteiger charge is -2.34. The Bertz CT molecular complexity index is 807. The zero-order valence-corrected chi connectivity index (χ0v) is 17.1. The van der Waals surface area contributed by atoms with Gasteiger partial charge in [-0.25, -0.2) is 9.97 Å². The van der Waals surface area contributed by atoms with Gasteiger partial charge in [0.05, 0.1) is 6.54 Å². The third kappa shape index (κ3) is 3.70. The van der Waals surface area contributed by atoms with Crippen LogP contribution in [0.25, 0.3) is 0 Å². The van der Waals surface area contributed by atoms with E-state index in [9.17, 15) is 0 Å². The highest BCUT2D eigenvalue weighted by molar-refractivity contribution is 5.49. The topological polar surface area (TPSA) is 63.0 Å². The molecule has 4 rings (SSSR count). The summed E-state index contributed by atoms with van der Waals surface area (Å²) in [4.78, 5) is 14.1. The molecule has 2 fully saturated rings. The van der Waals surface area contributed by atoms with Crippen LogP contribution in [0.4, 0.5) is 5.82 Å². The van der Waals surface area contributed by atoms with Gasteiger partial charge in [-0.15, -0.1) is 10.2 Å². The Balaban J connectivity index is 1.53. The fourth-order valence-corrected chi connectivity index (χ4v) is 4.45. The smallest absolute Gasteiger partial charge is 0.146 e. The Morgan fingerprint density at radius 1 is 0.963 bits per heavy atom. The molecule has 7 heteroatoms. The Kier molecular flexibility index (Phi) is 5.12. The van der Waals surface area contributed by atoms with Gasteiger partial charge in [0.15, 0.2) is 0 Å². The van der Waals surface area contributed by atoms with E-state index < -0.39 is 0 Å². The van der Waals surface area contributed by atoms with E-state index in [-0.39, 0.29) is 0 Å². The van der Waals surface area contributed by atoms with Crippen molar-refractivity contribution in [2.24, 2.45) is 7.05 Å². The van der Waals surface area contributed by atoms with Crippen LogP contribution in [0.15, 0.2) is 0 Å². The van der Waals surface area contributed by atoms with Gasteiger partial charge in [-0.2, -0.15) is 0 Å². The third-order valence-corrected chi connectivity index (χ3v) is 6.12. The molecule has 0 radical (unpaired) electrons. The number of aryl methyl sites for hydroxylation is 2. The largest absolute Gasteiger partial charge is 0.356 e. The number of aromatic nitrogens is 5. The van der Waals surface area contributed by atoms with Gasteiger partial charge in [-0.05, 0) is 59.5 Å². The third-order valence-electron chi connectivity index (χ3n) is 6.12. The first-order chi connectivity index (χ1) is 13.0. The summed E-state index contributed by atoms with van der Waals surface area (Å²) in [6, 6.07) is 0. The van der Waals surface area contributed by atoms with Crippen LogP contribution in [0.2, 0.25) is 0 Å². The summed E-state index contributed by atoms with van der Waals surface area (Å²) in [5, 5.41) is 9.12. The normalized spacial score (nSPS) is 21.2. The van der Waals surface area contributed by atoms with Crippen molar-refractivity contribution in [1.82, 2.24) is 29.6 Å². The molecule has 2 aromatic rings. The quantitative estimate of drug-likeness (QED) is 0.825. The molecule has 2 aromatic heterocycles. The second kappa shape index (κ2) is 7.54. The number of hydrogen-bond donors (Lipinski definition) is 0. The molecule has 2 aliphatic heterocycles. The van der Waals surface area contributed by atoms with Gasteiger partial charge in [-0.3, -0.25) is 4.90 Å². The van der Waals surface area contributed by atoms with Crippen molar-refractivity contribution in [2.45, 2.75) is 58.9 Å². The minimum atomic E-state index is 0.401. The van der Waals surface area contributed by atoms with Gasteiger partial charge >= 0.3 is 0 Å². The molecule has 27 heavy (non-hydrogen) atoms. The van der Waals surface area contributed by atoms with Crippen LogP contribution < -0.4 is 4.90 Å². The second-order valence-corrected chi connectivity index (χ2v) is 8.11. The standard InChI is InChI=1S/C20H31N7/c1-14-15(2)21-16(3)22-19(14)27-11-7-8-17(12-27)20-24-23-18(25(20)4)13-26-9-5-6-10-26/h17H,5-13H2,1-4H3/t17-/m1/s1. The van der Waals surface area contributed by atoms with Crippen LogP contribution in [0, 0.1) is 20.8 Å². The van der Waals surface area contributed by atoms with Crippen molar-refractivity contribution in [3.8, 4) is 0 Å². The van der Waals surface area contributed by atoms with Gasteiger partial charge in [0.25, 0.3) is 0 Å². The SMILES string of the molecule is Cc1nc(C)c(C)c(N2CCC[C@@H](c3nnc(CN4CCCC4)n3C)C2)n1. The average Bonchev–Trinajstić information content (AvgIpc) is 3.29. The van der Waals surface area contributed by atoms with Crippen LogP contribution in [0.5, 0.6) is 0 Å². The van der Waals surface area contributed by atoms with Gasteiger partial charge < -0.3 is 9.47 Å². The fourth-order valence-electron chi connectivity index (χ4n) is 4.45. The summed E-state index contributed by atoms with van der Waals surface area (Å²) in [5.74, 6) is 4.55. The fraction of sp³-hybridized carbons (Fsp3) is 0.700.